The van der Waals surface area contributed by atoms with Crippen LogP contribution in [0.4, 0.5) is 5.69 Å². The van der Waals surface area contributed by atoms with Crippen LogP contribution in [0.2, 0.25) is 0 Å². The van der Waals surface area contributed by atoms with E-state index in [9.17, 15) is 4.79 Å². The summed E-state index contributed by atoms with van der Waals surface area (Å²) in [5.41, 5.74) is 4.60. The topological polar surface area (TPSA) is 40.0 Å². The molecular formula is C19H20N3OS+. The lowest BCUT2D eigenvalue weighted by molar-refractivity contribution is -0.683. The minimum atomic E-state index is 0.172. The van der Waals surface area contributed by atoms with Crippen LogP contribution in [-0.2, 0) is 18.3 Å². The van der Waals surface area contributed by atoms with Crippen molar-refractivity contribution in [1.29, 1.82) is 0 Å². The molecule has 0 atom stereocenters. The molecule has 0 radical (unpaired) electrons. The van der Waals surface area contributed by atoms with Crippen LogP contribution in [0.1, 0.15) is 12.0 Å². The monoisotopic (exact) mass is 338 g/mol. The lowest BCUT2D eigenvalue weighted by Gasteiger charge is -2.29. The molecule has 1 N–H and O–H groups in total. The van der Waals surface area contributed by atoms with Gasteiger partial charge >= 0.3 is 5.16 Å². The zero-order valence-corrected chi connectivity index (χ0v) is 14.5. The maximum absolute atomic E-state index is 12.7. The van der Waals surface area contributed by atoms with Crippen LogP contribution in [-0.4, -0.2) is 23.2 Å². The molecule has 3 aromatic rings. The smallest absolute Gasteiger partial charge is 0.311 e. The van der Waals surface area contributed by atoms with Crippen molar-refractivity contribution in [2.24, 2.45) is 7.05 Å². The van der Waals surface area contributed by atoms with E-state index < -0.39 is 0 Å². The summed E-state index contributed by atoms with van der Waals surface area (Å²) < 4.78 is 2.11. The van der Waals surface area contributed by atoms with E-state index in [4.69, 9.17) is 0 Å². The lowest BCUT2D eigenvalue weighted by atomic mass is 10.0. The highest BCUT2D eigenvalue weighted by Crippen LogP contribution is 2.28. The molecule has 1 aromatic heterocycles. The van der Waals surface area contributed by atoms with Gasteiger partial charge in [0.05, 0.1) is 12.8 Å². The predicted octanol–water partition coefficient (Wildman–Crippen LogP) is 3.06. The highest BCUT2D eigenvalue weighted by Gasteiger charge is 2.24. The number of thioether (sulfide) groups is 1. The molecule has 4 nitrogen and oxygen atoms in total. The van der Waals surface area contributed by atoms with Crippen LogP contribution < -0.4 is 9.47 Å². The third kappa shape index (κ3) is 2.69. The van der Waals surface area contributed by atoms with E-state index in [1.54, 1.807) is 11.8 Å². The number of anilines is 1. The molecule has 0 aliphatic carbocycles. The summed E-state index contributed by atoms with van der Waals surface area (Å²) in [6.07, 6.45) is 2.09. The zero-order chi connectivity index (χ0) is 16.5. The molecule has 0 unspecified atom stereocenters. The summed E-state index contributed by atoms with van der Waals surface area (Å²) in [6, 6.07) is 16.4. The number of nitrogens with one attached hydrogen (secondary N) is 1. The maximum Gasteiger partial charge on any atom is 0.317 e. The van der Waals surface area contributed by atoms with Crippen molar-refractivity contribution < 1.29 is 9.36 Å². The summed E-state index contributed by atoms with van der Waals surface area (Å²) in [5.74, 6) is 0.612. The van der Waals surface area contributed by atoms with Gasteiger partial charge in [0, 0.05) is 12.2 Å². The molecule has 1 aliphatic rings. The van der Waals surface area contributed by atoms with Crippen LogP contribution in [0.3, 0.4) is 0 Å². The van der Waals surface area contributed by atoms with E-state index in [0.717, 1.165) is 41.3 Å². The molecule has 2 heterocycles. The number of aromatic nitrogens is 2. The highest BCUT2D eigenvalue weighted by molar-refractivity contribution is 7.99. The van der Waals surface area contributed by atoms with Gasteiger partial charge in [-0.15, -0.1) is 0 Å². The minimum absolute atomic E-state index is 0.172. The predicted molar refractivity (Wildman–Crippen MR) is 97.3 cm³/mol. The number of nitrogens with zero attached hydrogens (tertiary/aromatic N) is 2. The van der Waals surface area contributed by atoms with Crippen LogP contribution in [0.15, 0.2) is 53.7 Å². The van der Waals surface area contributed by atoms with Gasteiger partial charge in [-0.25, -0.2) is 9.55 Å². The average molecular weight is 338 g/mol. The molecule has 4 rings (SSSR count). The van der Waals surface area contributed by atoms with E-state index in [1.165, 1.54) is 5.56 Å². The Labute approximate surface area is 145 Å². The van der Waals surface area contributed by atoms with Gasteiger partial charge in [-0.3, -0.25) is 4.79 Å². The molecular weight excluding hydrogens is 318 g/mol. The molecule has 0 saturated carbocycles. The van der Waals surface area contributed by atoms with Gasteiger partial charge in [0.25, 0.3) is 0 Å². The quantitative estimate of drug-likeness (QED) is 0.589. The number of imidazole rings is 1. The number of rotatable bonds is 3. The number of hydrogen-bond donors (Lipinski definition) is 1. The van der Waals surface area contributed by atoms with Crippen molar-refractivity contribution in [3.63, 3.8) is 0 Å². The minimum Gasteiger partial charge on any atom is -0.311 e. The molecule has 1 aliphatic heterocycles. The number of carbonyl (C=O) groups is 1. The summed E-state index contributed by atoms with van der Waals surface area (Å²) in [5, 5.41) is 1.01. The Hall–Kier alpha value is -2.27. The molecule has 0 spiro atoms. The Kier molecular flexibility index (Phi) is 4.02. The van der Waals surface area contributed by atoms with Gasteiger partial charge in [0.15, 0.2) is 11.0 Å². The van der Waals surface area contributed by atoms with Gasteiger partial charge in [0.1, 0.15) is 0 Å². The number of fused-ring (bicyclic) bond motifs is 2. The first kappa shape index (κ1) is 15.3. The van der Waals surface area contributed by atoms with E-state index in [0.29, 0.717) is 5.75 Å². The zero-order valence-electron chi connectivity index (χ0n) is 13.7. The van der Waals surface area contributed by atoms with Gasteiger partial charge in [-0.1, -0.05) is 30.3 Å². The highest BCUT2D eigenvalue weighted by atomic mass is 32.2. The van der Waals surface area contributed by atoms with E-state index in [-0.39, 0.29) is 5.91 Å². The standard InChI is InChI=1S/C19H19N3OS/c1-21-17-11-5-3-9-15(17)20-19(21)24-13-18(23)22-12-6-8-14-7-2-4-10-16(14)22/h2-5,7,9-11H,6,8,12-13H2,1H3/p+1. The van der Waals surface area contributed by atoms with Crippen LogP contribution in [0, 0.1) is 0 Å². The number of hydrogen-bond acceptors (Lipinski definition) is 2. The Morgan fingerprint density at radius 3 is 2.88 bits per heavy atom. The summed E-state index contributed by atoms with van der Waals surface area (Å²) in [7, 11) is 2.03. The normalized spacial score (nSPS) is 14.0. The van der Waals surface area contributed by atoms with Crippen molar-refractivity contribution in [1.82, 2.24) is 4.98 Å². The van der Waals surface area contributed by atoms with Gasteiger partial charge in [-0.2, -0.15) is 0 Å². The number of aromatic amines is 1. The van der Waals surface area contributed by atoms with E-state index in [1.807, 2.05) is 36.2 Å². The van der Waals surface area contributed by atoms with Crippen molar-refractivity contribution in [3.05, 3.63) is 54.1 Å². The van der Waals surface area contributed by atoms with Crippen molar-refractivity contribution in [2.75, 3.05) is 17.2 Å². The second-order valence-electron chi connectivity index (χ2n) is 6.07. The molecule has 0 saturated heterocycles. The molecule has 0 bridgehead atoms. The largest absolute Gasteiger partial charge is 0.317 e. The first-order valence-electron chi connectivity index (χ1n) is 8.22. The Morgan fingerprint density at radius 1 is 1.21 bits per heavy atom. The van der Waals surface area contributed by atoms with Crippen LogP contribution >= 0.6 is 11.8 Å². The molecule has 1 amide bonds. The van der Waals surface area contributed by atoms with Crippen molar-refractivity contribution in [3.8, 4) is 0 Å². The van der Waals surface area contributed by atoms with Gasteiger partial charge < -0.3 is 4.90 Å². The summed E-state index contributed by atoms with van der Waals surface area (Å²) >= 11 is 1.57. The fourth-order valence-corrected chi connectivity index (χ4v) is 4.20. The number of carbonyl (C=O) groups excluding carboxylic acids is 1. The van der Waals surface area contributed by atoms with Gasteiger partial charge in [-0.05, 0) is 48.4 Å². The second-order valence-corrected chi connectivity index (χ2v) is 7.04. The fraction of sp³-hybridized carbons (Fsp3) is 0.263. The second kappa shape index (κ2) is 6.32. The first-order valence-corrected chi connectivity index (χ1v) is 9.20. The third-order valence-electron chi connectivity index (χ3n) is 4.56. The molecule has 24 heavy (non-hydrogen) atoms. The lowest BCUT2D eigenvalue weighted by Crippen LogP contribution is -2.37. The maximum atomic E-state index is 12.7. The SMILES string of the molecule is C[n+]1c(SCC(=O)N2CCCc3ccccc32)[nH]c2ccccc21. The number of amides is 1. The molecule has 2 aromatic carbocycles. The number of H-pyrrole nitrogens is 1. The number of para-hydroxylation sites is 3. The van der Waals surface area contributed by atoms with Gasteiger partial charge in [0.2, 0.25) is 5.91 Å². The molecule has 5 heteroatoms. The van der Waals surface area contributed by atoms with Crippen LogP contribution in [0.5, 0.6) is 0 Å². The Morgan fingerprint density at radius 2 is 2.00 bits per heavy atom. The molecule has 0 fully saturated rings. The summed E-state index contributed by atoms with van der Waals surface area (Å²) in [6.45, 7) is 0.815. The fourth-order valence-electron chi connectivity index (χ4n) is 3.31. The van der Waals surface area contributed by atoms with Crippen molar-refractivity contribution >= 4 is 34.4 Å². The van der Waals surface area contributed by atoms with E-state index >= 15 is 0 Å². The summed E-state index contributed by atoms with van der Waals surface area (Å²) in [4.78, 5) is 18.1. The van der Waals surface area contributed by atoms with E-state index in [2.05, 4.69) is 33.8 Å². The number of benzene rings is 2. The van der Waals surface area contributed by atoms with Crippen LogP contribution in [0.25, 0.3) is 11.0 Å². The van der Waals surface area contributed by atoms with Crippen molar-refractivity contribution in [2.45, 2.75) is 18.0 Å². The average Bonchev–Trinajstić information content (AvgIpc) is 2.95. The Balaban J connectivity index is 1.52. The molecule has 122 valence electrons. The third-order valence-corrected chi connectivity index (χ3v) is 5.60. The Bertz CT molecular complexity index is 903. The first-order chi connectivity index (χ1) is 11.7. The number of aryl methyl sites for hydroxylation is 2.